The third kappa shape index (κ3) is 4.43. The number of aromatic nitrogens is 5. The predicted molar refractivity (Wildman–Crippen MR) is 141 cm³/mol. The first-order chi connectivity index (χ1) is 18.5. The summed E-state index contributed by atoms with van der Waals surface area (Å²) in [6.07, 6.45) is 6.03. The van der Waals surface area contributed by atoms with E-state index in [-0.39, 0.29) is 17.6 Å². The molecule has 1 aromatic carbocycles. The van der Waals surface area contributed by atoms with Gasteiger partial charge in [-0.1, -0.05) is 0 Å². The van der Waals surface area contributed by atoms with Crippen LogP contribution in [0.3, 0.4) is 0 Å². The number of methoxy groups -OCH3 is 2. The van der Waals surface area contributed by atoms with Gasteiger partial charge >= 0.3 is 0 Å². The van der Waals surface area contributed by atoms with Crippen molar-refractivity contribution in [1.82, 2.24) is 40.7 Å². The van der Waals surface area contributed by atoms with Gasteiger partial charge in [-0.25, -0.2) is 14.4 Å². The van der Waals surface area contributed by atoms with Crippen LogP contribution in [-0.4, -0.2) is 64.8 Å². The molecule has 11 nitrogen and oxygen atoms in total. The van der Waals surface area contributed by atoms with Crippen molar-refractivity contribution in [1.29, 1.82) is 0 Å². The lowest BCUT2D eigenvalue weighted by Gasteiger charge is -2.29. The molecule has 0 amide bonds. The maximum Gasteiger partial charge on any atom is 0.188 e. The van der Waals surface area contributed by atoms with E-state index in [0.29, 0.717) is 35.0 Å². The summed E-state index contributed by atoms with van der Waals surface area (Å²) >= 11 is 0. The molecule has 6 rings (SSSR count). The molecule has 0 saturated carbocycles. The van der Waals surface area contributed by atoms with Crippen LogP contribution in [0, 0.1) is 5.82 Å². The minimum absolute atomic E-state index is 0.0813. The van der Waals surface area contributed by atoms with Gasteiger partial charge in [-0.3, -0.25) is 9.67 Å². The summed E-state index contributed by atoms with van der Waals surface area (Å²) in [6, 6.07) is 6.82. The number of pyridine rings is 1. The highest BCUT2D eigenvalue weighted by Gasteiger charge is 2.29. The number of halogens is 1. The van der Waals surface area contributed by atoms with Crippen molar-refractivity contribution < 1.29 is 13.9 Å². The van der Waals surface area contributed by atoms with Gasteiger partial charge in [-0.05, 0) is 12.1 Å². The molecule has 3 aromatic heterocycles. The molecule has 4 aromatic rings. The SMILES string of the molecule is COc1cc(OC)c(F)c(N(CC2NC3=C(CNCC3)N2)c2ccc3ncc(-c4cnn(C)c4)nc3n2)c1. The fourth-order valence-corrected chi connectivity index (χ4v) is 4.78. The van der Waals surface area contributed by atoms with E-state index in [0.717, 1.165) is 30.8 Å². The Balaban J connectivity index is 1.42. The van der Waals surface area contributed by atoms with Crippen LogP contribution in [-0.2, 0) is 7.05 Å². The molecule has 3 N–H and O–H groups in total. The average molecular weight is 518 g/mol. The maximum absolute atomic E-state index is 15.7. The average Bonchev–Trinajstić information content (AvgIpc) is 3.57. The van der Waals surface area contributed by atoms with E-state index >= 15 is 4.39 Å². The van der Waals surface area contributed by atoms with E-state index in [4.69, 9.17) is 19.4 Å². The summed E-state index contributed by atoms with van der Waals surface area (Å²) in [5.41, 5.74) is 5.14. The van der Waals surface area contributed by atoms with Gasteiger partial charge in [0.15, 0.2) is 17.2 Å². The number of nitrogens with one attached hydrogen (secondary N) is 3. The van der Waals surface area contributed by atoms with Crippen molar-refractivity contribution in [3.8, 4) is 22.8 Å². The van der Waals surface area contributed by atoms with Gasteiger partial charge in [0.2, 0.25) is 0 Å². The molecule has 5 heterocycles. The highest BCUT2D eigenvalue weighted by atomic mass is 19.1. The summed E-state index contributed by atoms with van der Waals surface area (Å²) in [5, 5.41) is 14.7. The Kier molecular flexibility index (Phi) is 6.16. The molecule has 38 heavy (non-hydrogen) atoms. The summed E-state index contributed by atoms with van der Waals surface area (Å²) in [4.78, 5) is 15.9. The number of rotatable bonds is 7. The van der Waals surface area contributed by atoms with Crippen molar-refractivity contribution in [2.75, 3.05) is 38.8 Å². The van der Waals surface area contributed by atoms with Crippen LogP contribution in [0.5, 0.6) is 11.5 Å². The Hall–Kier alpha value is -4.45. The van der Waals surface area contributed by atoms with E-state index < -0.39 is 5.82 Å². The van der Waals surface area contributed by atoms with Crippen LogP contribution >= 0.6 is 0 Å². The lowest BCUT2D eigenvalue weighted by Crippen LogP contribution is -2.43. The molecule has 0 spiro atoms. The van der Waals surface area contributed by atoms with E-state index in [2.05, 4.69) is 26.0 Å². The number of hydrogen-bond acceptors (Lipinski definition) is 10. The lowest BCUT2D eigenvalue weighted by molar-refractivity contribution is 0.374. The summed E-state index contributed by atoms with van der Waals surface area (Å²) < 4.78 is 28.2. The van der Waals surface area contributed by atoms with Gasteiger partial charge in [-0.15, -0.1) is 0 Å². The fraction of sp³-hybridized carbons (Fsp3) is 0.308. The van der Waals surface area contributed by atoms with Gasteiger partial charge in [0.25, 0.3) is 0 Å². The Morgan fingerprint density at radius 2 is 1.97 bits per heavy atom. The molecular formula is C26H28FN9O2. The van der Waals surface area contributed by atoms with Crippen LogP contribution < -0.4 is 30.3 Å². The molecule has 12 heteroatoms. The lowest BCUT2D eigenvalue weighted by atomic mass is 10.2. The molecule has 0 aliphatic carbocycles. The quantitative estimate of drug-likeness (QED) is 0.338. The first-order valence-corrected chi connectivity index (χ1v) is 12.3. The van der Waals surface area contributed by atoms with Crippen molar-refractivity contribution >= 4 is 22.7 Å². The van der Waals surface area contributed by atoms with Gasteiger partial charge in [0, 0.05) is 61.8 Å². The molecular weight excluding hydrogens is 489 g/mol. The van der Waals surface area contributed by atoms with Crippen LogP contribution in [0.25, 0.3) is 22.4 Å². The zero-order valence-corrected chi connectivity index (χ0v) is 21.3. The molecule has 0 saturated heterocycles. The van der Waals surface area contributed by atoms with E-state index in [1.165, 1.54) is 26.0 Å². The Morgan fingerprint density at radius 3 is 2.74 bits per heavy atom. The number of fused-ring (bicyclic) bond motifs is 1. The van der Waals surface area contributed by atoms with Crippen LogP contribution in [0.1, 0.15) is 6.42 Å². The zero-order valence-electron chi connectivity index (χ0n) is 21.3. The second kappa shape index (κ2) is 9.78. The first-order valence-electron chi connectivity index (χ1n) is 12.3. The monoisotopic (exact) mass is 517 g/mol. The molecule has 2 aliphatic heterocycles. The number of nitrogens with zero attached hydrogens (tertiary/aromatic N) is 6. The standard InChI is InChI=1S/C26H28FN9O2/c1-35-13-15(10-30-35)19-12-29-18-4-5-24(34-26(18)33-19)36(14-23-31-17-6-7-28-11-20(17)32-23)21-8-16(37-2)9-22(38-3)25(21)27/h4-5,8-10,12-13,23,28,31-32H,6-7,11,14H2,1-3H3. The highest BCUT2D eigenvalue weighted by molar-refractivity contribution is 5.77. The summed E-state index contributed by atoms with van der Waals surface area (Å²) in [5.74, 6) is 0.549. The van der Waals surface area contributed by atoms with Crippen molar-refractivity contribution in [2.24, 2.45) is 7.05 Å². The second-order valence-electron chi connectivity index (χ2n) is 9.17. The molecule has 2 aliphatic rings. The first kappa shape index (κ1) is 23.9. The Morgan fingerprint density at radius 1 is 1.11 bits per heavy atom. The topological polar surface area (TPSA) is 114 Å². The maximum atomic E-state index is 15.7. The number of ether oxygens (including phenoxy) is 2. The second-order valence-corrected chi connectivity index (χ2v) is 9.17. The summed E-state index contributed by atoms with van der Waals surface area (Å²) in [7, 11) is 4.81. The Labute approximate surface area is 218 Å². The van der Waals surface area contributed by atoms with Gasteiger partial charge < -0.3 is 30.3 Å². The van der Waals surface area contributed by atoms with Crippen LogP contribution in [0.4, 0.5) is 15.9 Å². The number of anilines is 2. The predicted octanol–water partition coefficient (Wildman–Crippen LogP) is 2.44. The van der Waals surface area contributed by atoms with Crippen molar-refractivity contribution in [3.63, 3.8) is 0 Å². The van der Waals surface area contributed by atoms with Gasteiger partial charge in [0.05, 0.1) is 44.5 Å². The van der Waals surface area contributed by atoms with E-state index in [9.17, 15) is 0 Å². The van der Waals surface area contributed by atoms with E-state index in [1.54, 1.807) is 28.0 Å². The minimum atomic E-state index is -0.511. The molecule has 0 fully saturated rings. The van der Waals surface area contributed by atoms with Gasteiger partial charge in [-0.2, -0.15) is 5.10 Å². The smallest absolute Gasteiger partial charge is 0.188 e. The molecule has 1 unspecified atom stereocenters. The van der Waals surface area contributed by atoms with Crippen LogP contribution in [0.2, 0.25) is 0 Å². The summed E-state index contributed by atoms with van der Waals surface area (Å²) in [6.45, 7) is 2.05. The fourth-order valence-electron chi connectivity index (χ4n) is 4.78. The molecule has 196 valence electrons. The normalized spacial score (nSPS) is 16.7. The van der Waals surface area contributed by atoms with Crippen molar-refractivity contribution in [3.05, 3.63) is 60.1 Å². The third-order valence-corrected chi connectivity index (χ3v) is 6.69. The largest absolute Gasteiger partial charge is 0.497 e. The van der Waals surface area contributed by atoms with Crippen LogP contribution in [0.15, 0.2) is 54.3 Å². The van der Waals surface area contributed by atoms with Gasteiger partial charge in [0.1, 0.15) is 23.2 Å². The molecule has 0 radical (unpaired) electrons. The number of aryl methyl sites for hydroxylation is 1. The minimum Gasteiger partial charge on any atom is -0.497 e. The van der Waals surface area contributed by atoms with Crippen molar-refractivity contribution in [2.45, 2.75) is 12.6 Å². The highest BCUT2D eigenvalue weighted by Crippen LogP contribution is 2.37. The number of benzene rings is 1. The number of hydrogen-bond donors (Lipinski definition) is 3. The zero-order chi connectivity index (χ0) is 26.2. The van der Waals surface area contributed by atoms with E-state index in [1.807, 2.05) is 25.4 Å². The molecule has 1 atom stereocenters. The third-order valence-electron chi connectivity index (χ3n) is 6.69. The molecule has 0 bridgehead atoms. The Bertz CT molecular complexity index is 1520.